The van der Waals surface area contributed by atoms with Crippen molar-refractivity contribution in [2.75, 3.05) is 0 Å². The van der Waals surface area contributed by atoms with Crippen molar-refractivity contribution in [3.8, 4) is 11.5 Å². The zero-order valence-electron chi connectivity index (χ0n) is 13.0. The Morgan fingerprint density at radius 2 is 1.92 bits per heavy atom. The number of carboxylic acids is 1. The Labute approximate surface area is 136 Å². The number of nitrogens with one attached hydrogen (secondary N) is 1. The van der Waals surface area contributed by atoms with E-state index < -0.39 is 41.0 Å². The molecule has 0 spiro atoms. The zero-order valence-corrected chi connectivity index (χ0v) is 13.0. The monoisotopic (exact) mass is 338 g/mol. The molecule has 2 N–H and O–H groups in total. The van der Waals surface area contributed by atoms with Crippen LogP contribution < -0.4 is 5.32 Å². The van der Waals surface area contributed by atoms with Crippen molar-refractivity contribution >= 4 is 11.9 Å². The van der Waals surface area contributed by atoms with Gasteiger partial charge in [0.15, 0.2) is 5.69 Å². The second kappa shape index (κ2) is 7.20. The zero-order chi connectivity index (χ0) is 17.9. The first-order valence-electron chi connectivity index (χ1n) is 7.23. The quantitative estimate of drug-likeness (QED) is 0.845. The number of carboxylic acid groups (broad SMARTS) is 1. The normalized spacial score (nSPS) is 12.2. The minimum Gasteiger partial charge on any atom is -0.480 e. The van der Waals surface area contributed by atoms with Crippen LogP contribution in [0.15, 0.2) is 28.9 Å². The summed E-state index contributed by atoms with van der Waals surface area (Å²) in [5.41, 5.74) is -0.754. The van der Waals surface area contributed by atoms with E-state index in [1.165, 1.54) is 6.07 Å². The van der Waals surface area contributed by atoms with Gasteiger partial charge in [-0.1, -0.05) is 19.9 Å². The molecule has 2 rings (SSSR count). The fourth-order valence-corrected chi connectivity index (χ4v) is 2.12. The van der Waals surface area contributed by atoms with E-state index in [1.54, 1.807) is 0 Å². The minimum absolute atomic E-state index is 0.0479. The van der Waals surface area contributed by atoms with Crippen molar-refractivity contribution < 1.29 is 27.9 Å². The summed E-state index contributed by atoms with van der Waals surface area (Å²) in [4.78, 5) is 27.0. The molecule has 1 aromatic carbocycles. The maximum atomic E-state index is 13.7. The number of rotatable bonds is 6. The van der Waals surface area contributed by atoms with E-state index >= 15 is 0 Å². The number of aromatic nitrogens is 1. The molecular formula is C16H16F2N2O4. The lowest BCUT2D eigenvalue weighted by atomic mass is 10.0. The first-order valence-corrected chi connectivity index (χ1v) is 7.23. The van der Waals surface area contributed by atoms with Gasteiger partial charge in [-0.2, -0.15) is 0 Å². The molecule has 6 nitrogen and oxygen atoms in total. The van der Waals surface area contributed by atoms with Gasteiger partial charge >= 0.3 is 5.97 Å². The van der Waals surface area contributed by atoms with Crippen LogP contribution in [-0.4, -0.2) is 28.0 Å². The van der Waals surface area contributed by atoms with Crippen molar-refractivity contribution in [1.29, 1.82) is 0 Å². The lowest BCUT2D eigenvalue weighted by molar-refractivity contribution is -0.139. The van der Waals surface area contributed by atoms with Crippen LogP contribution in [0.5, 0.6) is 0 Å². The Hall–Kier alpha value is -2.77. The molecule has 128 valence electrons. The maximum Gasteiger partial charge on any atom is 0.326 e. The first-order chi connectivity index (χ1) is 11.3. The third-order valence-corrected chi connectivity index (χ3v) is 3.22. The average molecular weight is 338 g/mol. The third kappa shape index (κ3) is 3.95. The first kappa shape index (κ1) is 17.6. The van der Waals surface area contributed by atoms with E-state index in [-0.39, 0.29) is 18.0 Å². The highest BCUT2D eigenvalue weighted by Crippen LogP contribution is 2.25. The molecule has 1 aromatic heterocycles. The van der Waals surface area contributed by atoms with Gasteiger partial charge in [0, 0.05) is 0 Å². The van der Waals surface area contributed by atoms with Crippen molar-refractivity contribution in [1.82, 2.24) is 10.3 Å². The lowest BCUT2D eigenvalue weighted by Crippen LogP contribution is -2.41. The van der Waals surface area contributed by atoms with Crippen molar-refractivity contribution in [3.05, 3.63) is 41.8 Å². The van der Waals surface area contributed by atoms with E-state index in [2.05, 4.69) is 10.3 Å². The Balaban J connectivity index is 2.21. The number of amides is 1. The molecular weight excluding hydrogens is 322 g/mol. The smallest absolute Gasteiger partial charge is 0.326 e. The highest BCUT2D eigenvalue weighted by atomic mass is 19.1. The number of benzene rings is 1. The van der Waals surface area contributed by atoms with Gasteiger partial charge < -0.3 is 14.8 Å². The van der Waals surface area contributed by atoms with Gasteiger partial charge in [0.2, 0.25) is 5.89 Å². The van der Waals surface area contributed by atoms with Gasteiger partial charge in [0.05, 0.1) is 0 Å². The fourth-order valence-electron chi connectivity index (χ4n) is 2.12. The summed E-state index contributed by atoms with van der Waals surface area (Å²) in [6.07, 6.45) is 1.15. The molecule has 0 saturated heterocycles. The third-order valence-electron chi connectivity index (χ3n) is 3.22. The summed E-state index contributed by atoms with van der Waals surface area (Å²) in [6.45, 7) is 3.63. The van der Waals surface area contributed by atoms with Gasteiger partial charge in [0.25, 0.3) is 5.91 Å². The van der Waals surface area contributed by atoms with Gasteiger partial charge in [-0.05, 0) is 24.5 Å². The van der Waals surface area contributed by atoms with Crippen LogP contribution in [0, 0.1) is 17.6 Å². The summed E-state index contributed by atoms with van der Waals surface area (Å²) >= 11 is 0. The van der Waals surface area contributed by atoms with Crippen LogP contribution >= 0.6 is 0 Å². The molecule has 0 aliphatic carbocycles. The standard InChI is InChI=1S/C16H16F2N2O4/c1-8(2)6-11(16(22)23)19-14(21)12-7-24-15(20-12)13-9(17)4-3-5-10(13)18/h3-5,7-8,11H,6H2,1-2H3,(H,19,21)(H,22,23). The molecule has 0 aliphatic heterocycles. The molecule has 24 heavy (non-hydrogen) atoms. The van der Waals surface area contributed by atoms with Crippen molar-refractivity contribution in [2.24, 2.45) is 5.92 Å². The second-order valence-electron chi connectivity index (χ2n) is 5.63. The summed E-state index contributed by atoms with van der Waals surface area (Å²) in [7, 11) is 0. The number of halogens is 2. The summed E-state index contributed by atoms with van der Waals surface area (Å²) in [5.74, 6) is -4.09. The van der Waals surface area contributed by atoms with Crippen LogP contribution in [-0.2, 0) is 4.79 Å². The number of hydrogen-bond acceptors (Lipinski definition) is 4. The van der Waals surface area contributed by atoms with Gasteiger partial charge in [-0.3, -0.25) is 4.79 Å². The highest BCUT2D eigenvalue weighted by Gasteiger charge is 2.24. The molecule has 1 heterocycles. The molecule has 0 bridgehead atoms. The fraction of sp³-hybridized carbons (Fsp3) is 0.312. The number of carbonyl (C=O) groups excluding carboxylic acids is 1. The van der Waals surface area contributed by atoms with Gasteiger partial charge in [0.1, 0.15) is 29.5 Å². The van der Waals surface area contributed by atoms with Gasteiger partial charge in [-0.25, -0.2) is 18.6 Å². The maximum absolute atomic E-state index is 13.7. The molecule has 0 radical (unpaired) electrons. The second-order valence-corrected chi connectivity index (χ2v) is 5.63. The number of oxazole rings is 1. The van der Waals surface area contributed by atoms with Crippen LogP contribution in [0.4, 0.5) is 8.78 Å². The van der Waals surface area contributed by atoms with Crippen molar-refractivity contribution in [2.45, 2.75) is 26.3 Å². The average Bonchev–Trinajstić information content (AvgIpc) is 2.95. The Kier molecular flexibility index (Phi) is 5.28. The molecule has 8 heteroatoms. The number of carbonyl (C=O) groups is 2. The predicted octanol–water partition coefficient (Wildman–Crippen LogP) is 2.85. The topological polar surface area (TPSA) is 92.4 Å². The van der Waals surface area contributed by atoms with Crippen LogP contribution in [0.25, 0.3) is 11.5 Å². The van der Waals surface area contributed by atoms with E-state index in [0.717, 1.165) is 18.4 Å². The van der Waals surface area contributed by atoms with Gasteiger partial charge in [-0.15, -0.1) is 0 Å². The largest absolute Gasteiger partial charge is 0.480 e. The van der Waals surface area contributed by atoms with E-state index in [0.29, 0.717) is 0 Å². The summed E-state index contributed by atoms with van der Waals surface area (Å²) < 4.78 is 32.3. The Morgan fingerprint density at radius 1 is 1.29 bits per heavy atom. The number of nitrogens with zero attached hydrogens (tertiary/aromatic N) is 1. The highest BCUT2D eigenvalue weighted by molar-refractivity contribution is 5.95. The SMILES string of the molecule is CC(C)CC(NC(=O)c1coc(-c2c(F)cccc2F)n1)C(=O)O. The lowest BCUT2D eigenvalue weighted by Gasteiger charge is -2.15. The van der Waals surface area contributed by atoms with Crippen molar-refractivity contribution in [3.63, 3.8) is 0 Å². The van der Waals surface area contributed by atoms with E-state index in [9.17, 15) is 18.4 Å². The number of hydrogen-bond donors (Lipinski definition) is 2. The van der Waals surface area contributed by atoms with E-state index in [1.807, 2.05) is 13.8 Å². The molecule has 0 fully saturated rings. The number of aliphatic carboxylic acids is 1. The molecule has 1 amide bonds. The van der Waals surface area contributed by atoms with E-state index in [4.69, 9.17) is 9.52 Å². The van der Waals surface area contributed by atoms with Crippen LogP contribution in [0.1, 0.15) is 30.8 Å². The molecule has 0 aliphatic rings. The molecule has 0 saturated carbocycles. The summed E-state index contributed by atoms with van der Waals surface area (Å²) in [5, 5.41) is 11.4. The van der Waals surface area contributed by atoms with Crippen LogP contribution in [0.3, 0.4) is 0 Å². The Bertz CT molecular complexity index is 738. The molecule has 2 aromatic rings. The van der Waals surface area contributed by atoms with Crippen LogP contribution in [0.2, 0.25) is 0 Å². The minimum atomic E-state index is -1.18. The Morgan fingerprint density at radius 3 is 2.46 bits per heavy atom. The predicted molar refractivity (Wildman–Crippen MR) is 80.2 cm³/mol. The molecule has 1 unspecified atom stereocenters. The molecule has 1 atom stereocenters. The summed E-state index contributed by atoms with van der Waals surface area (Å²) in [6, 6.07) is 2.16.